The normalized spacial score (nSPS) is 14.4. The molecule has 1 amide bonds. The van der Waals surface area contributed by atoms with E-state index >= 15 is 0 Å². The van der Waals surface area contributed by atoms with Gasteiger partial charge in [0.05, 0.1) is 5.71 Å². The van der Waals surface area contributed by atoms with Crippen molar-refractivity contribution in [2.45, 2.75) is 26.9 Å². The SMILES string of the molecule is C/C(=N\NC(=O)C(C)Oc1ccc(Cl)cc1C)c1ccc2c(c1)OCCO2. The summed E-state index contributed by atoms with van der Waals surface area (Å²) >= 11 is 5.93. The van der Waals surface area contributed by atoms with Crippen molar-refractivity contribution in [2.24, 2.45) is 5.10 Å². The zero-order valence-electron chi connectivity index (χ0n) is 15.4. The third-order valence-corrected chi connectivity index (χ3v) is 4.34. The summed E-state index contributed by atoms with van der Waals surface area (Å²) in [5.41, 5.74) is 4.88. The Morgan fingerprint density at radius 2 is 1.93 bits per heavy atom. The van der Waals surface area contributed by atoms with Crippen molar-refractivity contribution in [3.8, 4) is 17.2 Å². The van der Waals surface area contributed by atoms with Gasteiger partial charge in [-0.05, 0) is 62.7 Å². The Balaban J connectivity index is 1.63. The highest BCUT2D eigenvalue weighted by Gasteiger charge is 2.16. The van der Waals surface area contributed by atoms with Crippen LogP contribution in [0.2, 0.25) is 5.02 Å². The lowest BCUT2D eigenvalue weighted by atomic mass is 10.1. The van der Waals surface area contributed by atoms with Crippen molar-refractivity contribution < 1.29 is 19.0 Å². The molecule has 2 aromatic rings. The van der Waals surface area contributed by atoms with Crippen molar-refractivity contribution in [3.05, 3.63) is 52.5 Å². The number of nitrogens with one attached hydrogen (secondary N) is 1. The molecule has 3 rings (SSSR count). The molecule has 142 valence electrons. The zero-order valence-corrected chi connectivity index (χ0v) is 16.2. The van der Waals surface area contributed by atoms with E-state index in [1.807, 2.05) is 25.1 Å². The molecule has 6 nitrogen and oxygen atoms in total. The minimum Gasteiger partial charge on any atom is -0.486 e. The third kappa shape index (κ3) is 4.71. The first-order valence-corrected chi connectivity index (χ1v) is 8.99. The standard InChI is InChI=1S/C20H21ClN2O4/c1-12-10-16(21)5-7-17(12)27-14(3)20(24)23-22-13(2)15-4-6-18-19(11-15)26-9-8-25-18/h4-7,10-11,14H,8-9H2,1-3H3,(H,23,24)/b22-13+. The van der Waals surface area contributed by atoms with Gasteiger partial charge in [-0.3, -0.25) is 4.79 Å². The van der Waals surface area contributed by atoms with Crippen molar-refractivity contribution in [2.75, 3.05) is 13.2 Å². The van der Waals surface area contributed by atoms with Crippen LogP contribution in [0.5, 0.6) is 17.2 Å². The quantitative estimate of drug-likeness (QED) is 0.626. The van der Waals surface area contributed by atoms with Crippen LogP contribution in [0.4, 0.5) is 0 Å². The molecule has 0 aromatic heterocycles. The number of amides is 1. The minimum atomic E-state index is -0.707. The summed E-state index contributed by atoms with van der Waals surface area (Å²) in [6.07, 6.45) is -0.707. The van der Waals surface area contributed by atoms with Crippen LogP contribution in [0.1, 0.15) is 25.0 Å². The summed E-state index contributed by atoms with van der Waals surface area (Å²) < 4.78 is 16.8. The number of fused-ring (bicyclic) bond motifs is 1. The van der Waals surface area contributed by atoms with Gasteiger partial charge < -0.3 is 14.2 Å². The summed E-state index contributed by atoms with van der Waals surface area (Å²) in [4.78, 5) is 12.3. The van der Waals surface area contributed by atoms with E-state index in [4.69, 9.17) is 25.8 Å². The number of ether oxygens (including phenoxy) is 3. The van der Waals surface area contributed by atoms with Gasteiger partial charge in [0.15, 0.2) is 17.6 Å². The molecule has 2 aromatic carbocycles. The summed E-state index contributed by atoms with van der Waals surface area (Å²) in [5, 5.41) is 4.78. The fourth-order valence-corrected chi connectivity index (χ4v) is 2.78. The van der Waals surface area contributed by atoms with Crippen LogP contribution in [0.3, 0.4) is 0 Å². The fraction of sp³-hybridized carbons (Fsp3) is 0.300. The number of halogens is 1. The summed E-state index contributed by atoms with van der Waals surface area (Å²) in [5.74, 6) is 1.65. The third-order valence-electron chi connectivity index (χ3n) is 4.10. The first kappa shape index (κ1) is 19.0. The van der Waals surface area contributed by atoms with E-state index in [1.54, 1.807) is 32.0 Å². The molecule has 0 aliphatic carbocycles. The molecule has 1 heterocycles. The number of nitrogens with zero attached hydrogens (tertiary/aromatic N) is 1. The lowest BCUT2D eigenvalue weighted by Crippen LogP contribution is -2.34. The van der Waals surface area contributed by atoms with E-state index in [2.05, 4.69) is 10.5 Å². The van der Waals surface area contributed by atoms with Gasteiger partial charge in [-0.1, -0.05) is 11.6 Å². The largest absolute Gasteiger partial charge is 0.486 e. The Hall–Kier alpha value is -2.73. The van der Waals surface area contributed by atoms with Crippen molar-refractivity contribution in [1.82, 2.24) is 5.43 Å². The molecule has 0 radical (unpaired) electrons. The van der Waals surface area contributed by atoms with Gasteiger partial charge in [0.1, 0.15) is 19.0 Å². The Morgan fingerprint density at radius 3 is 2.67 bits per heavy atom. The smallest absolute Gasteiger partial charge is 0.280 e. The molecule has 0 bridgehead atoms. The highest BCUT2D eigenvalue weighted by Crippen LogP contribution is 2.30. The highest BCUT2D eigenvalue weighted by atomic mass is 35.5. The van der Waals surface area contributed by atoms with Gasteiger partial charge in [0.2, 0.25) is 0 Å². The molecule has 7 heteroatoms. The number of aryl methyl sites for hydroxylation is 1. The van der Waals surface area contributed by atoms with E-state index in [-0.39, 0.29) is 5.91 Å². The topological polar surface area (TPSA) is 69.2 Å². The zero-order chi connectivity index (χ0) is 19.4. The first-order chi connectivity index (χ1) is 12.9. The number of hydrazone groups is 1. The van der Waals surface area contributed by atoms with Gasteiger partial charge >= 0.3 is 0 Å². The van der Waals surface area contributed by atoms with Crippen LogP contribution in [0.25, 0.3) is 0 Å². The number of benzene rings is 2. The Morgan fingerprint density at radius 1 is 1.19 bits per heavy atom. The minimum absolute atomic E-state index is 0.346. The number of hydrogen-bond donors (Lipinski definition) is 1. The van der Waals surface area contributed by atoms with E-state index in [0.29, 0.717) is 41.2 Å². The highest BCUT2D eigenvalue weighted by molar-refractivity contribution is 6.30. The maximum absolute atomic E-state index is 12.3. The van der Waals surface area contributed by atoms with Crippen LogP contribution in [-0.2, 0) is 4.79 Å². The molecule has 1 N–H and O–H groups in total. The van der Waals surface area contributed by atoms with E-state index < -0.39 is 6.10 Å². The molecule has 1 atom stereocenters. The van der Waals surface area contributed by atoms with Crippen LogP contribution in [0.15, 0.2) is 41.5 Å². The van der Waals surface area contributed by atoms with Gasteiger partial charge in [-0.15, -0.1) is 0 Å². The molecule has 1 unspecified atom stereocenters. The second-order valence-electron chi connectivity index (χ2n) is 6.20. The summed E-state index contributed by atoms with van der Waals surface area (Å²) in [6, 6.07) is 10.8. The molecule has 0 spiro atoms. The van der Waals surface area contributed by atoms with E-state index in [1.165, 1.54) is 0 Å². The molecular formula is C20H21ClN2O4. The lowest BCUT2D eigenvalue weighted by molar-refractivity contribution is -0.127. The predicted molar refractivity (Wildman–Crippen MR) is 104 cm³/mol. The number of carbonyl (C=O) groups is 1. The summed E-state index contributed by atoms with van der Waals surface area (Å²) in [6.45, 7) is 6.40. The van der Waals surface area contributed by atoms with Gasteiger partial charge in [0.25, 0.3) is 5.91 Å². The fourth-order valence-electron chi connectivity index (χ4n) is 2.55. The van der Waals surface area contributed by atoms with E-state index in [9.17, 15) is 4.79 Å². The Bertz CT molecular complexity index is 882. The lowest BCUT2D eigenvalue weighted by Gasteiger charge is -2.19. The van der Waals surface area contributed by atoms with Crippen molar-refractivity contribution >= 4 is 23.2 Å². The second kappa shape index (κ2) is 8.31. The monoisotopic (exact) mass is 388 g/mol. The van der Waals surface area contributed by atoms with Gasteiger partial charge in [0, 0.05) is 10.6 Å². The molecular weight excluding hydrogens is 368 g/mol. The Labute approximate surface area is 163 Å². The van der Waals surface area contributed by atoms with Crippen molar-refractivity contribution in [3.63, 3.8) is 0 Å². The molecule has 0 saturated heterocycles. The van der Waals surface area contributed by atoms with Gasteiger partial charge in [-0.2, -0.15) is 5.10 Å². The number of carbonyl (C=O) groups excluding carboxylic acids is 1. The molecule has 0 saturated carbocycles. The second-order valence-corrected chi connectivity index (χ2v) is 6.64. The Kier molecular flexibility index (Phi) is 5.86. The number of rotatable bonds is 5. The maximum Gasteiger partial charge on any atom is 0.280 e. The van der Waals surface area contributed by atoms with E-state index in [0.717, 1.165) is 11.1 Å². The molecule has 1 aliphatic rings. The van der Waals surface area contributed by atoms with Crippen LogP contribution in [-0.4, -0.2) is 30.9 Å². The molecule has 27 heavy (non-hydrogen) atoms. The molecule has 1 aliphatic heterocycles. The maximum atomic E-state index is 12.3. The molecule has 0 fully saturated rings. The average Bonchev–Trinajstić information content (AvgIpc) is 2.67. The van der Waals surface area contributed by atoms with Crippen molar-refractivity contribution in [1.29, 1.82) is 0 Å². The average molecular weight is 389 g/mol. The predicted octanol–water partition coefficient (Wildman–Crippen LogP) is 3.73. The van der Waals surface area contributed by atoms with Crippen LogP contribution < -0.4 is 19.6 Å². The summed E-state index contributed by atoms with van der Waals surface area (Å²) in [7, 11) is 0. The van der Waals surface area contributed by atoms with Gasteiger partial charge in [-0.25, -0.2) is 5.43 Å². The number of hydrogen-bond acceptors (Lipinski definition) is 5. The first-order valence-electron chi connectivity index (χ1n) is 8.61. The van der Waals surface area contributed by atoms with Crippen LogP contribution >= 0.6 is 11.6 Å². The van der Waals surface area contributed by atoms with Crippen LogP contribution in [0, 0.1) is 6.92 Å².